The van der Waals surface area contributed by atoms with E-state index in [0.29, 0.717) is 22.8 Å². The van der Waals surface area contributed by atoms with Gasteiger partial charge in [0.1, 0.15) is 0 Å². The number of aryl methyl sites for hydroxylation is 1. The third kappa shape index (κ3) is 4.46. The number of hydrogen-bond acceptors (Lipinski definition) is 4. The Morgan fingerprint density at radius 1 is 1.30 bits per heavy atom. The van der Waals surface area contributed by atoms with Crippen LogP contribution in [-0.4, -0.2) is 20.7 Å². The highest BCUT2D eigenvalue weighted by Gasteiger charge is 2.16. The number of aromatic nitrogens is 3. The van der Waals surface area contributed by atoms with Crippen LogP contribution in [0.3, 0.4) is 0 Å². The summed E-state index contributed by atoms with van der Waals surface area (Å²) < 4.78 is 1.79. The van der Waals surface area contributed by atoms with Gasteiger partial charge in [0.25, 0.3) is 5.91 Å². The van der Waals surface area contributed by atoms with E-state index < -0.39 is 0 Å². The normalized spacial score (nSPS) is 11.9. The first kappa shape index (κ1) is 18.9. The molecule has 0 saturated heterocycles. The molecule has 27 heavy (non-hydrogen) atoms. The first-order valence-electron chi connectivity index (χ1n) is 8.68. The van der Waals surface area contributed by atoms with Crippen LogP contribution in [0.1, 0.15) is 40.3 Å². The number of carbonyl (C=O) groups is 1. The maximum atomic E-state index is 12.7. The standard InChI is InChI=1S/C20H22ClN5O/c1-13(17-12-24-26(3)14(17)2)25-20(27)15-7-8-18(21)19(10-15)23-11-16-6-4-5-9-22-16/h4-10,12-13,23H,11H2,1-3H3,(H,25,27)/t13-/m0/s1. The number of halogens is 1. The minimum absolute atomic E-state index is 0.146. The van der Waals surface area contributed by atoms with E-state index in [0.717, 1.165) is 17.0 Å². The van der Waals surface area contributed by atoms with Gasteiger partial charge < -0.3 is 10.6 Å². The van der Waals surface area contributed by atoms with Gasteiger partial charge in [0, 0.05) is 30.1 Å². The number of pyridine rings is 1. The van der Waals surface area contributed by atoms with Gasteiger partial charge in [-0.05, 0) is 44.2 Å². The zero-order valence-electron chi connectivity index (χ0n) is 15.5. The van der Waals surface area contributed by atoms with E-state index in [4.69, 9.17) is 11.6 Å². The molecule has 0 fully saturated rings. The average molecular weight is 384 g/mol. The summed E-state index contributed by atoms with van der Waals surface area (Å²) in [6.07, 6.45) is 3.52. The summed E-state index contributed by atoms with van der Waals surface area (Å²) in [7, 11) is 1.88. The summed E-state index contributed by atoms with van der Waals surface area (Å²) in [5.74, 6) is -0.164. The lowest BCUT2D eigenvalue weighted by atomic mass is 10.1. The van der Waals surface area contributed by atoms with Gasteiger partial charge in [0.2, 0.25) is 0 Å². The molecule has 0 aliphatic rings. The second-order valence-corrected chi connectivity index (χ2v) is 6.78. The molecule has 2 aromatic heterocycles. The van der Waals surface area contributed by atoms with Gasteiger partial charge in [-0.2, -0.15) is 5.10 Å². The lowest BCUT2D eigenvalue weighted by molar-refractivity contribution is 0.0940. The summed E-state index contributed by atoms with van der Waals surface area (Å²) in [6.45, 7) is 4.45. The molecular weight excluding hydrogens is 362 g/mol. The average Bonchev–Trinajstić information content (AvgIpc) is 3.00. The van der Waals surface area contributed by atoms with Crippen molar-refractivity contribution in [3.63, 3.8) is 0 Å². The van der Waals surface area contributed by atoms with Crippen LogP contribution in [0.25, 0.3) is 0 Å². The van der Waals surface area contributed by atoms with Crippen molar-refractivity contribution < 1.29 is 4.79 Å². The maximum absolute atomic E-state index is 12.7. The van der Waals surface area contributed by atoms with Crippen molar-refractivity contribution in [2.75, 3.05) is 5.32 Å². The van der Waals surface area contributed by atoms with Crippen LogP contribution in [-0.2, 0) is 13.6 Å². The smallest absolute Gasteiger partial charge is 0.251 e. The number of hydrogen-bond donors (Lipinski definition) is 2. The maximum Gasteiger partial charge on any atom is 0.251 e. The Kier molecular flexibility index (Phi) is 5.76. The van der Waals surface area contributed by atoms with Gasteiger partial charge in [-0.1, -0.05) is 17.7 Å². The molecule has 0 bridgehead atoms. The number of anilines is 1. The summed E-state index contributed by atoms with van der Waals surface area (Å²) in [5, 5.41) is 11.0. The first-order chi connectivity index (χ1) is 13.0. The fraction of sp³-hybridized carbons (Fsp3) is 0.250. The van der Waals surface area contributed by atoms with Crippen LogP contribution >= 0.6 is 11.6 Å². The van der Waals surface area contributed by atoms with Crippen LogP contribution in [0.5, 0.6) is 0 Å². The van der Waals surface area contributed by atoms with Gasteiger partial charge in [-0.25, -0.2) is 0 Å². The van der Waals surface area contributed by atoms with Crippen molar-refractivity contribution in [2.45, 2.75) is 26.4 Å². The molecule has 1 amide bonds. The SMILES string of the molecule is Cc1c([C@H](C)NC(=O)c2ccc(Cl)c(NCc3ccccn3)c2)cnn1C. The summed E-state index contributed by atoms with van der Waals surface area (Å²) in [6, 6.07) is 10.8. The molecule has 6 nitrogen and oxygen atoms in total. The van der Waals surface area contributed by atoms with Crippen LogP contribution in [0.4, 0.5) is 5.69 Å². The molecule has 0 saturated carbocycles. The summed E-state index contributed by atoms with van der Waals surface area (Å²) in [4.78, 5) is 16.9. The van der Waals surface area contributed by atoms with Crippen molar-refractivity contribution in [1.82, 2.24) is 20.1 Å². The monoisotopic (exact) mass is 383 g/mol. The summed E-state index contributed by atoms with van der Waals surface area (Å²) >= 11 is 6.27. The highest BCUT2D eigenvalue weighted by Crippen LogP contribution is 2.24. The van der Waals surface area contributed by atoms with Crippen molar-refractivity contribution in [1.29, 1.82) is 0 Å². The molecule has 0 spiro atoms. The van der Waals surface area contributed by atoms with Crippen LogP contribution in [0.2, 0.25) is 5.02 Å². The topological polar surface area (TPSA) is 71.8 Å². The van der Waals surface area contributed by atoms with E-state index in [9.17, 15) is 4.79 Å². The molecule has 3 rings (SSSR count). The van der Waals surface area contributed by atoms with E-state index >= 15 is 0 Å². The zero-order chi connectivity index (χ0) is 19.4. The fourth-order valence-electron chi connectivity index (χ4n) is 2.79. The lowest BCUT2D eigenvalue weighted by Gasteiger charge is -2.15. The molecule has 0 unspecified atom stereocenters. The molecule has 2 heterocycles. The molecule has 2 N–H and O–H groups in total. The number of benzene rings is 1. The quantitative estimate of drug-likeness (QED) is 0.677. The van der Waals surface area contributed by atoms with E-state index in [-0.39, 0.29) is 11.9 Å². The van der Waals surface area contributed by atoms with E-state index in [1.54, 1.807) is 35.3 Å². The third-order valence-electron chi connectivity index (χ3n) is 4.50. The fourth-order valence-corrected chi connectivity index (χ4v) is 2.97. The van der Waals surface area contributed by atoms with Crippen molar-refractivity contribution >= 4 is 23.2 Å². The Labute approximate surface area is 163 Å². The molecule has 7 heteroatoms. The second kappa shape index (κ2) is 8.22. The van der Waals surface area contributed by atoms with Crippen molar-refractivity contribution in [3.05, 3.63) is 76.3 Å². The third-order valence-corrected chi connectivity index (χ3v) is 4.83. The number of nitrogens with zero attached hydrogens (tertiary/aromatic N) is 3. The largest absolute Gasteiger partial charge is 0.378 e. The van der Waals surface area contributed by atoms with Crippen LogP contribution in [0.15, 0.2) is 48.8 Å². The van der Waals surface area contributed by atoms with Gasteiger partial charge in [0.05, 0.1) is 35.2 Å². The molecule has 3 aromatic rings. The van der Waals surface area contributed by atoms with Crippen LogP contribution < -0.4 is 10.6 Å². The summed E-state index contributed by atoms with van der Waals surface area (Å²) in [5.41, 5.74) is 4.14. The Morgan fingerprint density at radius 3 is 2.78 bits per heavy atom. The Balaban J connectivity index is 1.70. The zero-order valence-corrected chi connectivity index (χ0v) is 16.3. The Morgan fingerprint density at radius 2 is 2.11 bits per heavy atom. The minimum Gasteiger partial charge on any atom is -0.378 e. The molecule has 140 valence electrons. The Bertz CT molecular complexity index is 939. The molecule has 0 radical (unpaired) electrons. The Hall–Kier alpha value is -2.86. The predicted octanol–water partition coefficient (Wildman–Crippen LogP) is 3.88. The second-order valence-electron chi connectivity index (χ2n) is 6.37. The molecular formula is C20H22ClN5O. The number of amides is 1. The number of rotatable bonds is 6. The van der Waals surface area contributed by atoms with Crippen molar-refractivity contribution in [2.24, 2.45) is 7.05 Å². The first-order valence-corrected chi connectivity index (χ1v) is 9.06. The number of nitrogens with one attached hydrogen (secondary N) is 2. The molecule has 0 aliphatic carbocycles. The van der Waals surface area contributed by atoms with E-state index in [1.165, 1.54) is 0 Å². The number of carbonyl (C=O) groups excluding carboxylic acids is 1. The van der Waals surface area contributed by atoms with Gasteiger partial charge >= 0.3 is 0 Å². The predicted molar refractivity (Wildman–Crippen MR) is 107 cm³/mol. The van der Waals surface area contributed by atoms with Crippen LogP contribution in [0, 0.1) is 6.92 Å². The highest BCUT2D eigenvalue weighted by atomic mass is 35.5. The van der Waals surface area contributed by atoms with Gasteiger partial charge in [-0.3, -0.25) is 14.5 Å². The van der Waals surface area contributed by atoms with E-state index in [1.807, 2.05) is 39.1 Å². The molecule has 1 aromatic carbocycles. The molecule has 1 atom stereocenters. The molecule has 0 aliphatic heterocycles. The highest BCUT2D eigenvalue weighted by molar-refractivity contribution is 6.33. The lowest BCUT2D eigenvalue weighted by Crippen LogP contribution is -2.27. The van der Waals surface area contributed by atoms with Gasteiger partial charge in [0.15, 0.2) is 0 Å². The van der Waals surface area contributed by atoms with Gasteiger partial charge in [-0.15, -0.1) is 0 Å². The van der Waals surface area contributed by atoms with Crippen molar-refractivity contribution in [3.8, 4) is 0 Å². The minimum atomic E-state index is -0.164. The van der Waals surface area contributed by atoms with E-state index in [2.05, 4.69) is 20.7 Å².